The molecule has 0 unspecified atom stereocenters. The molecule has 2 bridgehead atoms. The van der Waals surface area contributed by atoms with E-state index in [-0.39, 0.29) is 18.1 Å². The predicted octanol–water partition coefficient (Wildman–Crippen LogP) is 2.28. The maximum absolute atomic E-state index is 11.7. The summed E-state index contributed by atoms with van der Waals surface area (Å²) >= 11 is 0. The second kappa shape index (κ2) is 4.50. The third kappa shape index (κ3) is 1.83. The van der Waals surface area contributed by atoms with Gasteiger partial charge in [0, 0.05) is 19.0 Å². The molecule has 0 atom stereocenters. The van der Waals surface area contributed by atoms with Crippen LogP contribution < -0.4 is 0 Å². The van der Waals surface area contributed by atoms with Crippen molar-refractivity contribution in [2.24, 2.45) is 16.7 Å². The summed E-state index contributed by atoms with van der Waals surface area (Å²) in [5.41, 5.74) is -0.284. The fraction of sp³-hybridized carbons (Fsp3) is 0.733. The Bertz CT molecular complexity index is 447. The number of carbonyl (C=O) groups is 2. The molecule has 1 saturated heterocycles. The number of rotatable bonds is 4. The fourth-order valence-electron chi connectivity index (χ4n) is 4.42. The van der Waals surface area contributed by atoms with E-state index in [1.165, 1.54) is 0 Å². The van der Waals surface area contributed by atoms with Crippen LogP contribution in [0.15, 0.2) is 12.7 Å². The molecule has 3 saturated carbocycles. The normalized spacial score (nSPS) is 35.7. The van der Waals surface area contributed by atoms with Crippen molar-refractivity contribution in [2.75, 3.05) is 19.7 Å². The quantitative estimate of drug-likeness (QED) is 0.802. The second-order valence-corrected chi connectivity index (χ2v) is 6.62. The minimum Gasteiger partial charge on any atom is -0.481 e. The maximum Gasteiger partial charge on any atom is 0.410 e. The summed E-state index contributed by atoms with van der Waals surface area (Å²) in [4.78, 5) is 24.8. The van der Waals surface area contributed by atoms with Crippen molar-refractivity contribution < 1.29 is 19.4 Å². The summed E-state index contributed by atoms with van der Waals surface area (Å²) < 4.78 is 5.01. The van der Waals surface area contributed by atoms with Gasteiger partial charge >= 0.3 is 12.1 Å². The van der Waals surface area contributed by atoms with Gasteiger partial charge in [-0.2, -0.15) is 0 Å². The van der Waals surface area contributed by atoms with Crippen molar-refractivity contribution in [3.63, 3.8) is 0 Å². The molecule has 0 aromatic carbocycles. The van der Waals surface area contributed by atoms with Gasteiger partial charge in [0.15, 0.2) is 0 Å². The molecule has 5 heteroatoms. The van der Waals surface area contributed by atoms with Crippen LogP contribution in [0.1, 0.15) is 32.1 Å². The zero-order valence-corrected chi connectivity index (χ0v) is 11.6. The Morgan fingerprint density at radius 3 is 2.65 bits per heavy atom. The Morgan fingerprint density at radius 2 is 2.05 bits per heavy atom. The van der Waals surface area contributed by atoms with Gasteiger partial charge in [-0.25, -0.2) is 4.79 Å². The molecule has 0 spiro atoms. The molecule has 4 aliphatic rings. The molecule has 0 aromatic rings. The number of carboxylic acids is 1. The van der Waals surface area contributed by atoms with Crippen molar-refractivity contribution in [3.8, 4) is 0 Å². The first-order valence-electron chi connectivity index (χ1n) is 7.27. The third-order valence-electron chi connectivity index (χ3n) is 5.50. The van der Waals surface area contributed by atoms with Crippen LogP contribution in [0.3, 0.4) is 0 Å². The van der Waals surface area contributed by atoms with E-state index in [1.807, 2.05) is 0 Å². The molecule has 4 rings (SSSR count). The molecule has 4 fully saturated rings. The summed E-state index contributed by atoms with van der Waals surface area (Å²) in [5, 5.41) is 9.37. The van der Waals surface area contributed by atoms with Crippen LogP contribution in [0.2, 0.25) is 0 Å². The number of likely N-dealkylation sites (tertiary alicyclic amines) is 1. The molecule has 1 heterocycles. The minimum atomic E-state index is -0.630. The lowest BCUT2D eigenvalue weighted by Crippen LogP contribution is -2.65. The monoisotopic (exact) mass is 279 g/mol. The molecule has 110 valence electrons. The third-order valence-corrected chi connectivity index (χ3v) is 5.50. The number of aliphatic carboxylic acids is 1. The van der Waals surface area contributed by atoms with Gasteiger partial charge in [0.25, 0.3) is 0 Å². The number of ether oxygens (including phenoxy) is 1. The molecule has 3 aliphatic carbocycles. The number of nitrogens with zero attached hydrogens (tertiary/aromatic N) is 1. The summed E-state index contributed by atoms with van der Waals surface area (Å²) in [6.45, 7) is 5.19. The Hall–Kier alpha value is -1.52. The lowest BCUT2D eigenvalue weighted by atomic mass is 9.41. The van der Waals surface area contributed by atoms with Gasteiger partial charge < -0.3 is 14.7 Å². The van der Waals surface area contributed by atoms with Crippen LogP contribution in [0, 0.1) is 16.7 Å². The van der Waals surface area contributed by atoms with E-state index < -0.39 is 11.4 Å². The molecule has 1 aliphatic heterocycles. The SMILES string of the molecule is C=CCOC(=O)N1CC(C23CCCC(C(=O)O)(C2)C3)C1. The lowest BCUT2D eigenvalue weighted by Gasteiger charge is -2.64. The molecule has 0 aromatic heterocycles. The smallest absolute Gasteiger partial charge is 0.410 e. The number of carbonyl (C=O) groups excluding carboxylic acids is 1. The maximum atomic E-state index is 11.7. The van der Waals surface area contributed by atoms with Gasteiger partial charge in [-0.3, -0.25) is 4.79 Å². The predicted molar refractivity (Wildman–Crippen MR) is 72.2 cm³/mol. The first kappa shape index (κ1) is 13.5. The van der Waals surface area contributed by atoms with Gasteiger partial charge in [0.1, 0.15) is 6.61 Å². The van der Waals surface area contributed by atoms with E-state index in [9.17, 15) is 14.7 Å². The Labute approximate surface area is 118 Å². The van der Waals surface area contributed by atoms with Crippen LogP contribution >= 0.6 is 0 Å². The van der Waals surface area contributed by atoms with Crippen molar-refractivity contribution in [1.82, 2.24) is 4.90 Å². The fourth-order valence-corrected chi connectivity index (χ4v) is 4.42. The largest absolute Gasteiger partial charge is 0.481 e. The average Bonchev–Trinajstić information content (AvgIpc) is 2.33. The number of hydrogen-bond acceptors (Lipinski definition) is 3. The molecular formula is C15H21NO4. The highest BCUT2D eigenvalue weighted by molar-refractivity contribution is 5.77. The van der Waals surface area contributed by atoms with Gasteiger partial charge in [0.05, 0.1) is 5.41 Å². The molecule has 20 heavy (non-hydrogen) atoms. The lowest BCUT2D eigenvalue weighted by molar-refractivity contribution is -0.194. The molecule has 1 N–H and O–H groups in total. The van der Waals surface area contributed by atoms with Gasteiger partial charge in [-0.1, -0.05) is 19.1 Å². The Balaban J connectivity index is 1.55. The topological polar surface area (TPSA) is 66.8 Å². The van der Waals surface area contributed by atoms with Crippen molar-refractivity contribution in [3.05, 3.63) is 12.7 Å². The average molecular weight is 279 g/mol. The number of amides is 1. The molecule has 5 nitrogen and oxygen atoms in total. The van der Waals surface area contributed by atoms with Crippen molar-refractivity contribution >= 4 is 12.1 Å². The first-order valence-corrected chi connectivity index (χ1v) is 7.27. The zero-order valence-electron chi connectivity index (χ0n) is 11.6. The van der Waals surface area contributed by atoms with Crippen LogP contribution in [-0.4, -0.2) is 41.8 Å². The molecule has 1 amide bonds. The molecule has 0 radical (unpaired) electrons. The number of fused-ring (bicyclic) bond motifs is 2. The van der Waals surface area contributed by atoms with Crippen LogP contribution in [0.5, 0.6) is 0 Å². The van der Waals surface area contributed by atoms with Crippen LogP contribution in [0.4, 0.5) is 4.79 Å². The highest BCUT2D eigenvalue weighted by Gasteiger charge is 2.65. The Kier molecular flexibility index (Phi) is 3.03. The van der Waals surface area contributed by atoms with E-state index in [0.29, 0.717) is 19.0 Å². The zero-order chi connectivity index (χ0) is 14.4. The van der Waals surface area contributed by atoms with E-state index in [0.717, 1.165) is 32.1 Å². The van der Waals surface area contributed by atoms with Crippen LogP contribution in [-0.2, 0) is 9.53 Å². The van der Waals surface area contributed by atoms with Crippen molar-refractivity contribution in [1.29, 1.82) is 0 Å². The summed E-state index contributed by atoms with van der Waals surface area (Å²) in [5.74, 6) is -0.180. The number of carboxylic acid groups (broad SMARTS) is 1. The first-order chi connectivity index (χ1) is 9.51. The van der Waals surface area contributed by atoms with E-state index in [4.69, 9.17) is 4.74 Å². The molecular weight excluding hydrogens is 258 g/mol. The Morgan fingerprint density at radius 1 is 1.35 bits per heavy atom. The summed E-state index contributed by atoms with van der Waals surface area (Å²) in [6, 6.07) is 0. The summed E-state index contributed by atoms with van der Waals surface area (Å²) in [7, 11) is 0. The van der Waals surface area contributed by atoms with Gasteiger partial charge in [-0.05, 0) is 31.1 Å². The van der Waals surface area contributed by atoms with Gasteiger partial charge in [-0.15, -0.1) is 0 Å². The highest BCUT2D eigenvalue weighted by atomic mass is 16.6. The highest BCUT2D eigenvalue weighted by Crippen LogP contribution is 2.67. The minimum absolute atomic E-state index is 0.172. The van der Waals surface area contributed by atoms with E-state index >= 15 is 0 Å². The van der Waals surface area contributed by atoms with Crippen LogP contribution in [0.25, 0.3) is 0 Å². The second-order valence-electron chi connectivity index (χ2n) is 6.62. The van der Waals surface area contributed by atoms with E-state index in [1.54, 1.807) is 11.0 Å². The standard InChI is InChI=1S/C15H21NO4/c1-2-6-20-13(19)16-7-11(8-16)14-4-3-5-15(9-14,10-14)12(17)18/h2,11H,1,3-10H2,(H,17,18). The number of hydrogen-bond donors (Lipinski definition) is 1. The van der Waals surface area contributed by atoms with Crippen molar-refractivity contribution in [2.45, 2.75) is 32.1 Å². The summed E-state index contributed by atoms with van der Waals surface area (Å²) in [6.07, 6.45) is 5.82. The van der Waals surface area contributed by atoms with E-state index in [2.05, 4.69) is 6.58 Å². The van der Waals surface area contributed by atoms with Gasteiger partial charge in [0.2, 0.25) is 0 Å².